The molecule has 2 amide bonds. The first-order valence-corrected chi connectivity index (χ1v) is 11.1. The van der Waals surface area contributed by atoms with Crippen molar-refractivity contribution in [3.63, 3.8) is 0 Å². The number of ether oxygens (including phenoxy) is 1. The lowest BCUT2D eigenvalue weighted by Crippen LogP contribution is -2.51. The van der Waals surface area contributed by atoms with Gasteiger partial charge in [-0.1, -0.05) is 49.4 Å². The summed E-state index contributed by atoms with van der Waals surface area (Å²) in [6.07, 6.45) is 0.929. The minimum atomic E-state index is -0.539. The average molecular weight is 435 g/mol. The molecule has 0 spiro atoms. The normalized spacial score (nSPS) is 19.4. The number of hydrogen-bond acceptors (Lipinski definition) is 5. The van der Waals surface area contributed by atoms with E-state index in [2.05, 4.69) is 39.5 Å². The number of methoxy groups -OCH3 is 1. The number of nitrogens with one attached hydrogen (secondary N) is 2. The van der Waals surface area contributed by atoms with E-state index in [-0.39, 0.29) is 6.03 Å². The van der Waals surface area contributed by atoms with Crippen molar-refractivity contribution in [1.82, 2.24) is 15.5 Å². The Morgan fingerprint density at radius 1 is 1.03 bits per heavy atom. The maximum Gasteiger partial charge on any atom is 0.338 e. The molecule has 0 bridgehead atoms. The van der Waals surface area contributed by atoms with Crippen LogP contribution < -0.4 is 15.5 Å². The standard InChI is InChI=1S/C25H30N4O3/c1-3-18-9-11-19(12-10-18)23-22(24(30)32-2)21(26-25(31)27-23)17-28-13-15-29(16-14-28)20-7-5-4-6-8-20/h4-12,23H,3,13-17H2,1-2H3,(H2,26,27,31). The Morgan fingerprint density at radius 3 is 2.34 bits per heavy atom. The molecule has 2 aliphatic rings. The number of rotatable bonds is 6. The van der Waals surface area contributed by atoms with Gasteiger partial charge in [-0.2, -0.15) is 0 Å². The summed E-state index contributed by atoms with van der Waals surface area (Å²) in [6.45, 7) is 6.04. The van der Waals surface area contributed by atoms with Crippen LogP contribution in [0.4, 0.5) is 10.5 Å². The van der Waals surface area contributed by atoms with Gasteiger partial charge in [0.15, 0.2) is 0 Å². The number of amides is 2. The lowest BCUT2D eigenvalue weighted by atomic mass is 9.94. The van der Waals surface area contributed by atoms with Crippen molar-refractivity contribution in [2.24, 2.45) is 0 Å². The number of para-hydroxylation sites is 1. The van der Waals surface area contributed by atoms with Crippen molar-refractivity contribution >= 4 is 17.7 Å². The lowest BCUT2D eigenvalue weighted by molar-refractivity contribution is -0.136. The summed E-state index contributed by atoms with van der Waals surface area (Å²) in [7, 11) is 1.37. The summed E-state index contributed by atoms with van der Waals surface area (Å²) in [4.78, 5) is 29.9. The topological polar surface area (TPSA) is 73.9 Å². The zero-order valence-corrected chi connectivity index (χ0v) is 18.6. The monoisotopic (exact) mass is 434 g/mol. The lowest BCUT2D eigenvalue weighted by Gasteiger charge is -2.38. The SMILES string of the molecule is CCc1ccc(C2NC(=O)NC(CN3CCN(c4ccccc4)CC3)=C2C(=O)OC)cc1. The van der Waals surface area contributed by atoms with Gasteiger partial charge in [-0.05, 0) is 29.7 Å². The van der Waals surface area contributed by atoms with Crippen molar-refractivity contribution in [2.45, 2.75) is 19.4 Å². The van der Waals surface area contributed by atoms with Gasteiger partial charge in [0.1, 0.15) is 0 Å². The minimum Gasteiger partial charge on any atom is -0.466 e. The van der Waals surface area contributed by atoms with E-state index in [0.717, 1.165) is 38.2 Å². The van der Waals surface area contributed by atoms with Gasteiger partial charge in [-0.3, -0.25) is 4.90 Å². The van der Waals surface area contributed by atoms with Gasteiger partial charge in [0.2, 0.25) is 0 Å². The summed E-state index contributed by atoms with van der Waals surface area (Å²) in [5.74, 6) is -0.431. The molecule has 32 heavy (non-hydrogen) atoms. The van der Waals surface area contributed by atoms with Gasteiger partial charge < -0.3 is 20.3 Å². The van der Waals surface area contributed by atoms with Gasteiger partial charge in [0.25, 0.3) is 0 Å². The quantitative estimate of drug-likeness (QED) is 0.684. The fraction of sp³-hybridized carbons (Fsp3) is 0.360. The molecule has 2 aromatic rings. The largest absolute Gasteiger partial charge is 0.466 e. The molecule has 2 aromatic carbocycles. The number of esters is 1. The third-order valence-corrected chi connectivity index (χ3v) is 6.16. The van der Waals surface area contributed by atoms with E-state index in [1.807, 2.05) is 42.5 Å². The molecule has 0 radical (unpaired) electrons. The van der Waals surface area contributed by atoms with E-state index in [4.69, 9.17) is 4.74 Å². The van der Waals surface area contributed by atoms with E-state index >= 15 is 0 Å². The Balaban J connectivity index is 1.54. The first kappa shape index (κ1) is 21.9. The molecule has 2 aliphatic heterocycles. The second kappa shape index (κ2) is 9.87. The van der Waals surface area contributed by atoms with E-state index < -0.39 is 12.0 Å². The molecule has 7 heteroatoms. The molecule has 1 unspecified atom stereocenters. The maximum absolute atomic E-state index is 12.8. The van der Waals surface area contributed by atoms with E-state index in [1.54, 1.807) is 0 Å². The number of anilines is 1. The predicted molar refractivity (Wildman–Crippen MR) is 124 cm³/mol. The Morgan fingerprint density at radius 2 is 1.72 bits per heavy atom. The number of carbonyl (C=O) groups excluding carboxylic acids is 2. The molecule has 4 rings (SSSR count). The Kier molecular flexibility index (Phi) is 6.75. The third kappa shape index (κ3) is 4.78. The zero-order chi connectivity index (χ0) is 22.5. The summed E-state index contributed by atoms with van der Waals surface area (Å²) in [6, 6.07) is 17.5. The van der Waals surface area contributed by atoms with Crippen LogP contribution in [0.2, 0.25) is 0 Å². The number of urea groups is 1. The van der Waals surface area contributed by atoms with Crippen molar-refractivity contribution in [3.8, 4) is 0 Å². The predicted octanol–water partition coefficient (Wildman–Crippen LogP) is 2.85. The van der Waals surface area contributed by atoms with Crippen LogP contribution in [0.5, 0.6) is 0 Å². The molecular formula is C25H30N4O3. The van der Waals surface area contributed by atoms with Crippen molar-refractivity contribution in [1.29, 1.82) is 0 Å². The number of hydrogen-bond donors (Lipinski definition) is 2. The van der Waals surface area contributed by atoms with Gasteiger partial charge >= 0.3 is 12.0 Å². The summed E-state index contributed by atoms with van der Waals surface area (Å²) >= 11 is 0. The molecular weight excluding hydrogens is 404 g/mol. The van der Waals surface area contributed by atoms with Crippen molar-refractivity contribution in [3.05, 3.63) is 77.0 Å². The highest BCUT2D eigenvalue weighted by molar-refractivity contribution is 5.95. The highest BCUT2D eigenvalue weighted by Crippen LogP contribution is 2.28. The highest BCUT2D eigenvalue weighted by atomic mass is 16.5. The van der Waals surface area contributed by atoms with Crippen LogP contribution in [-0.2, 0) is 16.0 Å². The molecule has 0 aromatic heterocycles. The van der Waals surface area contributed by atoms with Crippen LogP contribution in [0.25, 0.3) is 0 Å². The van der Waals surface area contributed by atoms with E-state index in [0.29, 0.717) is 17.8 Å². The number of nitrogens with zero attached hydrogens (tertiary/aromatic N) is 2. The second-order valence-corrected chi connectivity index (χ2v) is 8.11. The Labute approximate surface area is 189 Å². The Hall–Kier alpha value is -3.32. The summed E-state index contributed by atoms with van der Waals surface area (Å²) in [5, 5.41) is 5.76. The fourth-order valence-electron chi connectivity index (χ4n) is 4.32. The van der Waals surface area contributed by atoms with Gasteiger partial charge in [-0.25, -0.2) is 9.59 Å². The first-order chi connectivity index (χ1) is 15.6. The van der Waals surface area contributed by atoms with Crippen LogP contribution in [0.1, 0.15) is 24.1 Å². The number of carbonyl (C=O) groups is 2. The van der Waals surface area contributed by atoms with E-state index in [1.165, 1.54) is 18.4 Å². The third-order valence-electron chi connectivity index (χ3n) is 6.16. The molecule has 2 heterocycles. The second-order valence-electron chi connectivity index (χ2n) is 8.11. The molecule has 0 aliphatic carbocycles. The molecule has 0 saturated carbocycles. The van der Waals surface area contributed by atoms with Crippen LogP contribution in [-0.4, -0.2) is 56.7 Å². The molecule has 1 fully saturated rings. The summed E-state index contributed by atoms with van der Waals surface area (Å²) in [5.41, 5.74) is 4.35. The molecule has 1 saturated heterocycles. The molecule has 7 nitrogen and oxygen atoms in total. The van der Waals surface area contributed by atoms with Gasteiger partial charge in [0.05, 0.1) is 18.7 Å². The molecule has 1 atom stereocenters. The highest BCUT2D eigenvalue weighted by Gasteiger charge is 2.34. The smallest absolute Gasteiger partial charge is 0.338 e. The number of aryl methyl sites for hydroxylation is 1. The van der Waals surface area contributed by atoms with Crippen LogP contribution in [0.3, 0.4) is 0 Å². The van der Waals surface area contributed by atoms with Gasteiger partial charge in [0, 0.05) is 44.1 Å². The maximum atomic E-state index is 12.8. The number of benzene rings is 2. The zero-order valence-electron chi connectivity index (χ0n) is 18.6. The van der Waals surface area contributed by atoms with Crippen LogP contribution >= 0.6 is 0 Å². The number of piperazine rings is 1. The fourth-order valence-corrected chi connectivity index (χ4v) is 4.32. The molecule has 2 N–H and O–H groups in total. The first-order valence-electron chi connectivity index (χ1n) is 11.1. The van der Waals surface area contributed by atoms with Crippen molar-refractivity contribution in [2.75, 3.05) is 44.7 Å². The van der Waals surface area contributed by atoms with Crippen molar-refractivity contribution < 1.29 is 14.3 Å². The molecule has 168 valence electrons. The van der Waals surface area contributed by atoms with E-state index in [9.17, 15) is 9.59 Å². The minimum absolute atomic E-state index is 0.305. The van der Waals surface area contributed by atoms with Gasteiger partial charge in [-0.15, -0.1) is 0 Å². The summed E-state index contributed by atoms with van der Waals surface area (Å²) < 4.78 is 5.10. The Bertz CT molecular complexity index is 980. The van der Waals surface area contributed by atoms with Crippen LogP contribution in [0, 0.1) is 0 Å². The van der Waals surface area contributed by atoms with Crippen LogP contribution in [0.15, 0.2) is 65.9 Å². The average Bonchev–Trinajstić information content (AvgIpc) is 2.84.